The first-order chi connectivity index (χ1) is 18.9. The number of amides is 1. The van der Waals surface area contributed by atoms with Gasteiger partial charge in [-0.05, 0) is 44.9 Å². The number of hydrogen-bond acceptors (Lipinski definition) is 6. The van der Waals surface area contributed by atoms with Gasteiger partial charge in [0.25, 0.3) is 0 Å². The fraction of sp³-hybridized carbons (Fsp3) is 0.767. The topological polar surface area (TPSA) is 131 Å². The van der Waals surface area contributed by atoms with Crippen LogP contribution in [0.4, 0.5) is 0 Å². The average molecular weight is 573 g/mol. The summed E-state index contributed by atoms with van der Waals surface area (Å²) >= 11 is 0. The molecule has 9 heteroatoms. The molecule has 3 atom stereocenters. The van der Waals surface area contributed by atoms with E-state index in [1.165, 1.54) is 25.7 Å². The number of phosphoric acid groups is 1. The fourth-order valence-corrected chi connectivity index (χ4v) is 4.63. The number of nitrogens with one attached hydrogen (secondary N) is 1. The van der Waals surface area contributed by atoms with Crippen molar-refractivity contribution in [2.45, 2.75) is 129 Å². The van der Waals surface area contributed by atoms with E-state index >= 15 is 0 Å². The van der Waals surface area contributed by atoms with Gasteiger partial charge in [0.05, 0.1) is 25.4 Å². The Labute approximate surface area is 238 Å². The molecular formula is C30H57N2O6P. The number of aliphatic hydroxyl groups excluding tert-OH is 1. The number of aliphatic hydroxyl groups is 1. The first-order valence-electron chi connectivity index (χ1n) is 15.1. The van der Waals surface area contributed by atoms with Gasteiger partial charge in [0, 0.05) is 13.0 Å². The Kier molecular flexibility index (Phi) is 26.0. The predicted molar refractivity (Wildman–Crippen MR) is 161 cm³/mol. The highest BCUT2D eigenvalue weighted by atomic mass is 31.2. The van der Waals surface area contributed by atoms with Crippen molar-refractivity contribution >= 4 is 13.7 Å². The Balaban J connectivity index is 4.43. The largest absolute Gasteiger partial charge is 0.472 e. The number of carbonyl (C=O) groups is 1. The lowest BCUT2D eigenvalue weighted by atomic mass is 10.1. The van der Waals surface area contributed by atoms with Crippen LogP contribution in [0.3, 0.4) is 0 Å². The molecule has 0 fully saturated rings. The van der Waals surface area contributed by atoms with Gasteiger partial charge in [-0.15, -0.1) is 0 Å². The van der Waals surface area contributed by atoms with Crippen molar-refractivity contribution in [2.75, 3.05) is 19.8 Å². The standard InChI is InChI=1S/C30H57N2O6P/c1-3-5-7-9-11-12-13-14-15-16-18-20-22-24-30(34)32-28(27-38-39(35,36)37-26-25-31)29(33)23-21-19-17-10-8-6-4-2/h7,9,12-13,21,23,28-29,33H,3-6,8,10-11,14-20,22,24-27,31H2,1-2H3,(H,32,34)(H,35,36)/b9-7-,13-12-,23-21+. The van der Waals surface area contributed by atoms with E-state index in [0.29, 0.717) is 6.42 Å². The van der Waals surface area contributed by atoms with Gasteiger partial charge in [-0.3, -0.25) is 13.8 Å². The maximum absolute atomic E-state index is 12.5. The first kappa shape index (κ1) is 37.7. The minimum atomic E-state index is -4.32. The van der Waals surface area contributed by atoms with Gasteiger partial charge in [-0.1, -0.05) is 102 Å². The van der Waals surface area contributed by atoms with E-state index in [1.54, 1.807) is 6.08 Å². The summed E-state index contributed by atoms with van der Waals surface area (Å²) in [5, 5.41) is 13.4. The summed E-state index contributed by atoms with van der Waals surface area (Å²) < 4.78 is 21.8. The molecule has 0 aromatic rings. The maximum atomic E-state index is 12.5. The molecule has 0 aliphatic rings. The number of unbranched alkanes of at least 4 members (excludes halogenated alkanes) is 11. The molecule has 8 nitrogen and oxygen atoms in total. The summed E-state index contributed by atoms with van der Waals surface area (Å²) in [6, 6.07) is -0.862. The van der Waals surface area contributed by atoms with Crippen LogP contribution in [0.25, 0.3) is 0 Å². The van der Waals surface area contributed by atoms with Crippen molar-refractivity contribution in [3.05, 3.63) is 36.5 Å². The molecule has 5 N–H and O–H groups in total. The van der Waals surface area contributed by atoms with Crippen molar-refractivity contribution in [3.63, 3.8) is 0 Å². The first-order valence-corrected chi connectivity index (χ1v) is 16.6. The Bertz CT molecular complexity index is 714. The third-order valence-electron chi connectivity index (χ3n) is 6.19. The minimum Gasteiger partial charge on any atom is -0.387 e. The van der Waals surface area contributed by atoms with Crippen LogP contribution in [0, 0.1) is 0 Å². The van der Waals surface area contributed by atoms with Crippen LogP contribution >= 0.6 is 7.82 Å². The molecular weight excluding hydrogens is 515 g/mol. The smallest absolute Gasteiger partial charge is 0.387 e. The number of hydrogen-bond donors (Lipinski definition) is 4. The van der Waals surface area contributed by atoms with Crippen molar-refractivity contribution in [3.8, 4) is 0 Å². The van der Waals surface area contributed by atoms with E-state index in [4.69, 9.17) is 14.8 Å². The number of carbonyl (C=O) groups excluding carboxylic acids is 1. The van der Waals surface area contributed by atoms with Crippen molar-refractivity contribution in [2.24, 2.45) is 5.73 Å². The van der Waals surface area contributed by atoms with Crippen molar-refractivity contribution in [1.82, 2.24) is 5.32 Å². The Hall–Kier alpha value is -1.28. The zero-order valence-electron chi connectivity index (χ0n) is 24.6. The van der Waals surface area contributed by atoms with Crippen LogP contribution in [0.5, 0.6) is 0 Å². The normalized spacial score (nSPS) is 15.3. The van der Waals surface area contributed by atoms with Crippen molar-refractivity contribution in [1.29, 1.82) is 0 Å². The Morgan fingerprint density at radius 2 is 1.46 bits per heavy atom. The molecule has 0 spiro atoms. The second-order valence-electron chi connectivity index (χ2n) is 9.96. The lowest BCUT2D eigenvalue weighted by Crippen LogP contribution is -2.45. The molecule has 1 amide bonds. The highest BCUT2D eigenvalue weighted by molar-refractivity contribution is 7.47. The average Bonchev–Trinajstić information content (AvgIpc) is 2.91. The van der Waals surface area contributed by atoms with Crippen LogP contribution in [0.2, 0.25) is 0 Å². The lowest BCUT2D eigenvalue weighted by molar-refractivity contribution is -0.123. The molecule has 0 radical (unpaired) electrons. The Morgan fingerprint density at radius 1 is 0.846 bits per heavy atom. The Morgan fingerprint density at radius 3 is 2.13 bits per heavy atom. The molecule has 0 heterocycles. The van der Waals surface area contributed by atoms with E-state index in [1.807, 2.05) is 6.08 Å². The summed E-state index contributed by atoms with van der Waals surface area (Å²) in [5.41, 5.74) is 5.31. The van der Waals surface area contributed by atoms with E-state index in [2.05, 4.69) is 43.5 Å². The second kappa shape index (κ2) is 26.9. The van der Waals surface area contributed by atoms with Crippen LogP contribution in [0.15, 0.2) is 36.5 Å². The predicted octanol–water partition coefficient (Wildman–Crippen LogP) is 6.87. The number of allylic oxidation sites excluding steroid dienone is 5. The van der Waals surface area contributed by atoms with E-state index in [0.717, 1.165) is 70.6 Å². The van der Waals surface area contributed by atoms with E-state index in [-0.39, 0.29) is 25.7 Å². The van der Waals surface area contributed by atoms with E-state index < -0.39 is 20.0 Å². The summed E-state index contributed by atoms with van der Waals surface area (Å²) in [7, 11) is -4.32. The van der Waals surface area contributed by atoms with Gasteiger partial charge in [-0.25, -0.2) is 4.57 Å². The molecule has 0 aromatic carbocycles. The molecule has 0 bridgehead atoms. The van der Waals surface area contributed by atoms with Crippen LogP contribution in [-0.2, 0) is 18.4 Å². The quantitative estimate of drug-likeness (QED) is 0.0480. The highest BCUT2D eigenvalue weighted by Gasteiger charge is 2.26. The molecule has 0 saturated heterocycles. The van der Waals surface area contributed by atoms with Gasteiger partial charge in [0.2, 0.25) is 5.91 Å². The molecule has 0 saturated carbocycles. The van der Waals surface area contributed by atoms with Crippen LogP contribution in [0.1, 0.15) is 117 Å². The minimum absolute atomic E-state index is 0.0745. The van der Waals surface area contributed by atoms with Crippen molar-refractivity contribution < 1.29 is 28.4 Å². The number of phosphoric ester groups is 1. The molecule has 0 aromatic heterocycles. The molecule has 39 heavy (non-hydrogen) atoms. The fourth-order valence-electron chi connectivity index (χ4n) is 3.87. The molecule has 228 valence electrons. The molecule has 3 unspecified atom stereocenters. The van der Waals surface area contributed by atoms with E-state index in [9.17, 15) is 19.4 Å². The number of rotatable bonds is 27. The van der Waals surface area contributed by atoms with Gasteiger partial charge in [-0.2, -0.15) is 0 Å². The summed E-state index contributed by atoms with van der Waals surface area (Å²) in [6.07, 6.45) is 27.7. The number of nitrogens with two attached hydrogens (primary N) is 1. The van der Waals surface area contributed by atoms with Crippen LogP contribution in [-0.4, -0.2) is 47.8 Å². The second-order valence-corrected chi connectivity index (χ2v) is 11.4. The van der Waals surface area contributed by atoms with Gasteiger partial charge >= 0.3 is 7.82 Å². The van der Waals surface area contributed by atoms with Gasteiger partial charge in [0.15, 0.2) is 0 Å². The zero-order valence-corrected chi connectivity index (χ0v) is 25.5. The summed E-state index contributed by atoms with van der Waals surface area (Å²) in [4.78, 5) is 22.3. The summed E-state index contributed by atoms with van der Waals surface area (Å²) in [5.74, 6) is -0.217. The maximum Gasteiger partial charge on any atom is 0.472 e. The zero-order chi connectivity index (χ0) is 29.0. The van der Waals surface area contributed by atoms with Gasteiger partial charge in [0.1, 0.15) is 0 Å². The third-order valence-corrected chi connectivity index (χ3v) is 7.18. The van der Waals surface area contributed by atoms with Gasteiger partial charge < -0.3 is 21.1 Å². The summed E-state index contributed by atoms with van der Waals surface area (Å²) in [6.45, 7) is 3.95. The molecule has 0 aliphatic carbocycles. The SMILES string of the molecule is CCC/C=C\C/C=C\CCCCCCCC(=O)NC(COP(=O)(O)OCCN)C(O)/C=C/CCCCCCC. The monoisotopic (exact) mass is 572 g/mol. The highest BCUT2D eigenvalue weighted by Crippen LogP contribution is 2.43. The van der Waals surface area contributed by atoms with Crippen LogP contribution < -0.4 is 11.1 Å². The lowest BCUT2D eigenvalue weighted by Gasteiger charge is -2.23. The third kappa shape index (κ3) is 25.4. The molecule has 0 rings (SSSR count). The molecule has 0 aliphatic heterocycles.